The number of aromatic nitrogens is 2. The maximum absolute atomic E-state index is 13.1. The van der Waals surface area contributed by atoms with Crippen LogP contribution in [0.25, 0.3) is 32.6 Å². The lowest BCUT2D eigenvalue weighted by Crippen LogP contribution is -2.14. The van der Waals surface area contributed by atoms with Crippen LogP contribution >= 0.6 is 11.3 Å². The Morgan fingerprint density at radius 3 is 2.29 bits per heavy atom. The number of aryl methyl sites for hydroxylation is 1. The molecule has 192 valence electrons. The molecule has 6 nitrogen and oxygen atoms in total. The van der Waals surface area contributed by atoms with E-state index in [0.717, 1.165) is 45.7 Å². The van der Waals surface area contributed by atoms with Crippen LogP contribution in [0.4, 0.5) is 24.7 Å². The molecule has 0 aliphatic rings. The van der Waals surface area contributed by atoms with Crippen molar-refractivity contribution in [2.75, 3.05) is 18.2 Å². The molecule has 0 aliphatic carbocycles. The highest BCUT2D eigenvalue weighted by Gasteiger charge is 2.31. The number of anilines is 2. The van der Waals surface area contributed by atoms with Crippen molar-refractivity contribution in [3.8, 4) is 28.1 Å². The van der Waals surface area contributed by atoms with Gasteiger partial charge < -0.3 is 15.8 Å². The number of thiophene rings is 1. The van der Waals surface area contributed by atoms with Crippen molar-refractivity contribution >= 4 is 39.0 Å². The molecule has 0 unspecified atom stereocenters. The first-order valence-electron chi connectivity index (χ1n) is 11.4. The van der Waals surface area contributed by atoms with Crippen molar-refractivity contribution < 1.29 is 22.7 Å². The van der Waals surface area contributed by atoms with Gasteiger partial charge in [-0.15, -0.1) is 11.3 Å². The van der Waals surface area contributed by atoms with Crippen molar-refractivity contribution in [1.82, 2.24) is 9.97 Å². The molecule has 2 aromatic carbocycles. The highest BCUT2D eigenvalue weighted by atomic mass is 32.1. The zero-order valence-electron chi connectivity index (χ0n) is 20.3. The molecule has 38 heavy (non-hydrogen) atoms. The molecule has 5 rings (SSSR count). The zero-order chi connectivity index (χ0) is 27.0. The maximum atomic E-state index is 13.1. The van der Waals surface area contributed by atoms with E-state index in [-0.39, 0.29) is 16.4 Å². The number of carbonyl (C=O) groups excluding carboxylic acids is 1. The van der Waals surface area contributed by atoms with E-state index in [1.165, 1.54) is 0 Å². The van der Waals surface area contributed by atoms with Crippen LogP contribution < -0.4 is 15.8 Å². The van der Waals surface area contributed by atoms with E-state index in [4.69, 9.17) is 15.5 Å². The monoisotopic (exact) mass is 534 g/mol. The summed E-state index contributed by atoms with van der Waals surface area (Å²) in [4.78, 5) is 22.4. The van der Waals surface area contributed by atoms with Gasteiger partial charge in [0.2, 0.25) is 0 Å². The predicted molar refractivity (Wildman–Crippen MR) is 143 cm³/mol. The average Bonchev–Trinajstić information content (AvgIpc) is 3.25. The summed E-state index contributed by atoms with van der Waals surface area (Å²) < 4.78 is 43.8. The van der Waals surface area contributed by atoms with Crippen LogP contribution in [0.1, 0.15) is 20.8 Å². The van der Waals surface area contributed by atoms with Gasteiger partial charge in [-0.25, -0.2) is 9.97 Å². The molecule has 10 heteroatoms. The number of pyridine rings is 2. The first-order valence-corrected chi connectivity index (χ1v) is 12.2. The van der Waals surface area contributed by atoms with E-state index in [9.17, 15) is 18.0 Å². The van der Waals surface area contributed by atoms with Gasteiger partial charge in [-0.05, 0) is 60.5 Å². The Labute approximate surface area is 219 Å². The molecule has 5 aromatic rings. The SMILES string of the molecule is COc1ccc(-c2cc(-c3ccc(C)cc3)c3c(N)c(C(=O)Nc4ccc(C(F)(F)F)cn4)sc3n2)cc1. The predicted octanol–water partition coefficient (Wildman–Crippen LogP) is 7.20. The summed E-state index contributed by atoms with van der Waals surface area (Å²) in [5, 5.41) is 3.16. The second-order valence-corrected chi connectivity index (χ2v) is 9.56. The number of alkyl halides is 3. The minimum Gasteiger partial charge on any atom is -0.497 e. The topological polar surface area (TPSA) is 90.1 Å². The van der Waals surface area contributed by atoms with Crippen LogP contribution in [0, 0.1) is 6.92 Å². The fourth-order valence-electron chi connectivity index (χ4n) is 3.97. The third-order valence-corrected chi connectivity index (χ3v) is 7.08. The number of ether oxygens (including phenoxy) is 1. The number of amides is 1. The standard InChI is InChI=1S/C28H21F3N4O2S/c1-15-3-5-16(6-4-15)20-13-21(17-7-10-19(37-2)11-8-17)34-27-23(20)24(32)25(38-27)26(36)35-22-12-9-18(14-33-22)28(29,30)31/h3-14H,32H2,1-2H3,(H,33,35,36). The fraction of sp³-hybridized carbons (Fsp3) is 0.107. The molecule has 0 bridgehead atoms. The summed E-state index contributed by atoms with van der Waals surface area (Å²) in [7, 11) is 1.59. The first-order chi connectivity index (χ1) is 18.1. The molecular formula is C28H21F3N4O2S. The Morgan fingerprint density at radius 2 is 1.68 bits per heavy atom. The molecule has 0 aliphatic heterocycles. The van der Waals surface area contributed by atoms with Crippen LogP contribution in [0.15, 0.2) is 72.9 Å². The van der Waals surface area contributed by atoms with E-state index in [0.29, 0.717) is 27.9 Å². The van der Waals surface area contributed by atoms with Gasteiger partial charge >= 0.3 is 6.18 Å². The molecule has 0 radical (unpaired) electrons. The van der Waals surface area contributed by atoms with Crippen molar-refractivity contribution in [2.45, 2.75) is 13.1 Å². The Morgan fingerprint density at radius 1 is 1.00 bits per heavy atom. The number of nitrogens with two attached hydrogens (primary N) is 1. The Balaban J connectivity index is 1.59. The summed E-state index contributed by atoms with van der Waals surface area (Å²) in [6.07, 6.45) is -3.85. The number of hydrogen-bond acceptors (Lipinski definition) is 6. The Hall–Kier alpha value is -4.44. The van der Waals surface area contributed by atoms with E-state index >= 15 is 0 Å². The molecule has 0 saturated heterocycles. The zero-order valence-corrected chi connectivity index (χ0v) is 21.1. The third kappa shape index (κ3) is 4.90. The van der Waals surface area contributed by atoms with Crippen LogP contribution in [0.5, 0.6) is 5.75 Å². The number of methoxy groups -OCH3 is 1. The molecule has 0 saturated carbocycles. The van der Waals surface area contributed by atoms with Gasteiger partial charge in [-0.3, -0.25) is 4.79 Å². The largest absolute Gasteiger partial charge is 0.497 e. The lowest BCUT2D eigenvalue weighted by Gasteiger charge is -2.10. The Kier molecular flexibility index (Phi) is 6.50. The van der Waals surface area contributed by atoms with Gasteiger partial charge in [0.05, 0.1) is 24.1 Å². The number of halogens is 3. The number of nitrogens with zero attached hydrogens (tertiary/aromatic N) is 2. The minimum atomic E-state index is -4.52. The van der Waals surface area contributed by atoms with E-state index in [1.54, 1.807) is 7.11 Å². The van der Waals surface area contributed by atoms with Gasteiger partial charge in [0.15, 0.2) is 0 Å². The lowest BCUT2D eigenvalue weighted by atomic mass is 9.98. The lowest BCUT2D eigenvalue weighted by molar-refractivity contribution is -0.137. The Bertz CT molecular complexity index is 1630. The summed E-state index contributed by atoms with van der Waals surface area (Å²) in [5.74, 6) is 0.105. The third-order valence-electron chi connectivity index (χ3n) is 5.99. The highest BCUT2D eigenvalue weighted by molar-refractivity contribution is 7.21. The van der Waals surface area contributed by atoms with Crippen molar-refractivity contribution in [3.63, 3.8) is 0 Å². The van der Waals surface area contributed by atoms with Crippen molar-refractivity contribution in [3.05, 3.63) is 88.9 Å². The summed E-state index contributed by atoms with van der Waals surface area (Å²) in [6, 6.07) is 19.3. The van der Waals surface area contributed by atoms with E-state index in [1.807, 2.05) is 61.5 Å². The number of nitrogen functional groups attached to an aromatic ring is 1. The molecular weight excluding hydrogens is 513 g/mol. The molecule has 0 spiro atoms. The quantitative estimate of drug-likeness (QED) is 0.249. The van der Waals surface area contributed by atoms with Crippen molar-refractivity contribution in [2.24, 2.45) is 0 Å². The molecule has 0 atom stereocenters. The molecule has 3 aromatic heterocycles. The van der Waals surface area contributed by atoms with Crippen LogP contribution in [-0.4, -0.2) is 23.0 Å². The molecule has 0 fully saturated rings. The van der Waals surface area contributed by atoms with Gasteiger partial charge in [0, 0.05) is 17.1 Å². The average molecular weight is 535 g/mol. The number of fused-ring (bicyclic) bond motifs is 1. The van der Waals surface area contributed by atoms with Gasteiger partial charge in [0.25, 0.3) is 5.91 Å². The smallest absolute Gasteiger partial charge is 0.417 e. The normalized spacial score (nSPS) is 11.5. The number of hydrogen-bond donors (Lipinski definition) is 2. The minimum absolute atomic E-state index is 0.0227. The molecule has 3 N–H and O–H groups in total. The second kappa shape index (κ2) is 9.79. The van der Waals surface area contributed by atoms with Gasteiger partial charge in [-0.2, -0.15) is 13.2 Å². The number of carbonyl (C=O) groups is 1. The highest BCUT2D eigenvalue weighted by Crippen LogP contribution is 2.42. The van der Waals surface area contributed by atoms with E-state index in [2.05, 4.69) is 10.3 Å². The van der Waals surface area contributed by atoms with Crippen LogP contribution in [0.3, 0.4) is 0 Å². The summed E-state index contributed by atoms with van der Waals surface area (Å²) in [6.45, 7) is 1.99. The molecule has 3 heterocycles. The van der Waals surface area contributed by atoms with Crippen LogP contribution in [-0.2, 0) is 6.18 Å². The maximum Gasteiger partial charge on any atom is 0.417 e. The first kappa shape index (κ1) is 25.2. The second-order valence-electron chi connectivity index (χ2n) is 8.56. The van der Waals surface area contributed by atoms with Crippen LogP contribution in [0.2, 0.25) is 0 Å². The summed E-state index contributed by atoms with van der Waals surface area (Å²) >= 11 is 1.11. The number of nitrogens with one attached hydrogen (secondary N) is 1. The molecule has 1 amide bonds. The number of benzene rings is 2. The summed E-state index contributed by atoms with van der Waals surface area (Å²) in [5.41, 5.74) is 10.2. The van der Waals surface area contributed by atoms with Gasteiger partial charge in [0.1, 0.15) is 21.3 Å². The number of rotatable bonds is 5. The fourth-order valence-corrected chi connectivity index (χ4v) is 4.98. The van der Waals surface area contributed by atoms with Gasteiger partial charge in [-0.1, -0.05) is 29.8 Å². The van der Waals surface area contributed by atoms with Crippen molar-refractivity contribution in [1.29, 1.82) is 0 Å². The van der Waals surface area contributed by atoms with E-state index < -0.39 is 17.6 Å².